The van der Waals surface area contributed by atoms with Crippen LogP contribution in [-0.4, -0.2) is 30.8 Å². The molecule has 1 heterocycles. The first-order chi connectivity index (χ1) is 12.0. The lowest BCUT2D eigenvalue weighted by Crippen LogP contribution is -2.28. The minimum atomic E-state index is -0.539. The summed E-state index contributed by atoms with van der Waals surface area (Å²) in [6.07, 6.45) is 0. The largest absolute Gasteiger partial charge is 0.493 e. The van der Waals surface area contributed by atoms with Gasteiger partial charge < -0.3 is 14.4 Å². The van der Waals surface area contributed by atoms with E-state index in [-0.39, 0.29) is 29.1 Å². The number of halogens is 2. The summed E-state index contributed by atoms with van der Waals surface area (Å²) in [4.78, 5) is 13.9. The van der Waals surface area contributed by atoms with Crippen LogP contribution in [0.1, 0.15) is 16.5 Å². The van der Waals surface area contributed by atoms with Gasteiger partial charge in [-0.25, -0.2) is 8.78 Å². The minimum Gasteiger partial charge on any atom is -0.493 e. The topological polar surface area (TPSA) is 38.8 Å². The average Bonchev–Trinajstić information content (AvgIpc) is 2.97. The predicted molar refractivity (Wildman–Crippen MR) is 91.7 cm³/mol. The molecule has 2 aromatic rings. The summed E-state index contributed by atoms with van der Waals surface area (Å²) >= 11 is 1.41. The molecule has 3 rings (SSSR count). The van der Waals surface area contributed by atoms with Crippen LogP contribution in [0.25, 0.3) is 0 Å². The molecule has 0 radical (unpaired) electrons. The monoisotopic (exact) mass is 365 g/mol. The molecule has 0 N–H and O–H groups in total. The third kappa shape index (κ3) is 3.42. The minimum absolute atomic E-state index is 0.0134. The van der Waals surface area contributed by atoms with Gasteiger partial charge in [0.25, 0.3) is 0 Å². The summed E-state index contributed by atoms with van der Waals surface area (Å²) in [7, 11) is 3.06. The van der Waals surface area contributed by atoms with Crippen LogP contribution in [0.3, 0.4) is 0 Å². The Morgan fingerprint density at radius 3 is 2.72 bits per heavy atom. The zero-order valence-corrected chi connectivity index (χ0v) is 14.6. The molecule has 1 aliphatic heterocycles. The van der Waals surface area contributed by atoms with Gasteiger partial charge in [0.2, 0.25) is 5.91 Å². The Bertz CT molecular complexity index is 800. The number of nitrogens with zero attached hydrogens (tertiary/aromatic N) is 1. The second-order valence-corrected chi connectivity index (χ2v) is 6.57. The van der Waals surface area contributed by atoms with Gasteiger partial charge in [-0.05, 0) is 24.3 Å². The fourth-order valence-corrected chi connectivity index (χ4v) is 4.04. The maximum Gasteiger partial charge on any atom is 0.234 e. The number of carbonyl (C=O) groups is 1. The Labute approximate surface area is 148 Å². The molecule has 1 aliphatic rings. The van der Waals surface area contributed by atoms with Crippen molar-refractivity contribution < 1.29 is 23.0 Å². The number of methoxy groups -OCH3 is 2. The second kappa shape index (κ2) is 7.31. The Morgan fingerprint density at radius 1 is 1.20 bits per heavy atom. The molecule has 25 heavy (non-hydrogen) atoms. The molecule has 1 atom stereocenters. The number of hydrogen-bond acceptors (Lipinski definition) is 4. The maximum atomic E-state index is 14.0. The summed E-state index contributed by atoms with van der Waals surface area (Å²) in [5.41, 5.74) is 0.900. The number of carbonyl (C=O) groups excluding carboxylic acids is 1. The molecule has 2 aromatic carbocycles. The SMILES string of the molecule is COc1cccc(C2SCC(=O)N2Cc2cc(F)ccc2F)c1OC. The van der Waals surface area contributed by atoms with E-state index in [9.17, 15) is 13.6 Å². The first-order valence-electron chi connectivity index (χ1n) is 7.61. The summed E-state index contributed by atoms with van der Waals surface area (Å²) in [6.45, 7) is -0.0134. The van der Waals surface area contributed by atoms with Crippen LogP contribution in [0.15, 0.2) is 36.4 Å². The molecule has 1 saturated heterocycles. The number of hydrogen-bond donors (Lipinski definition) is 0. The van der Waals surface area contributed by atoms with Gasteiger partial charge in [0.15, 0.2) is 11.5 Å². The Hall–Kier alpha value is -2.28. The summed E-state index contributed by atoms with van der Waals surface area (Å²) in [5, 5.41) is -0.361. The molecule has 1 fully saturated rings. The van der Waals surface area contributed by atoms with Gasteiger partial charge >= 0.3 is 0 Å². The fourth-order valence-electron chi connectivity index (χ4n) is 2.84. The predicted octanol–water partition coefficient (Wildman–Crippen LogP) is 3.76. The molecule has 4 nitrogen and oxygen atoms in total. The van der Waals surface area contributed by atoms with Crippen molar-refractivity contribution in [2.24, 2.45) is 0 Å². The van der Waals surface area contributed by atoms with Crippen molar-refractivity contribution in [2.75, 3.05) is 20.0 Å². The van der Waals surface area contributed by atoms with E-state index in [1.807, 2.05) is 6.07 Å². The molecule has 1 amide bonds. The van der Waals surface area contributed by atoms with Crippen molar-refractivity contribution in [1.29, 1.82) is 0 Å². The van der Waals surface area contributed by atoms with Crippen LogP contribution in [-0.2, 0) is 11.3 Å². The molecule has 132 valence electrons. The number of rotatable bonds is 5. The Morgan fingerprint density at radius 2 is 2.00 bits per heavy atom. The normalized spacial score (nSPS) is 17.0. The van der Waals surface area contributed by atoms with Crippen molar-refractivity contribution in [3.63, 3.8) is 0 Å². The van der Waals surface area contributed by atoms with E-state index >= 15 is 0 Å². The van der Waals surface area contributed by atoms with Gasteiger partial charge in [-0.15, -0.1) is 11.8 Å². The quantitative estimate of drug-likeness (QED) is 0.809. The lowest BCUT2D eigenvalue weighted by atomic mass is 10.1. The molecule has 0 saturated carbocycles. The Kier molecular flexibility index (Phi) is 5.13. The van der Waals surface area contributed by atoms with Gasteiger partial charge in [0.1, 0.15) is 17.0 Å². The number of benzene rings is 2. The van der Waals surface area contributed by atoms with E-state index in [1.54, 1.807) is 12.1 Å². The van der Waals surface area contributed by atoms with Crippen molar-refractivity contribution in [3.8, 4) is 11.5 Å². The molecular weight excluding hydrogens is 348 g/mol. The van der Waals surface area contributed by atoms with E-state index in [4.69, 9.17) is 9.47 Å². The standard InChI is InChI=1S/C18H17F2NO3S/c1-23-15-5-3-4-13(17(15)24-2)18-21(16(22)10-25-18)9-11-8-12(19)6-7-14(11)20/h3-8,18H,9-10H2,1-2H3. The highest BCUT2D eigenvalue weighted by Gasteiger charge is 2.35. The number of thioether (sulfide) groups is 1. The van der Waals surface area contributed by atoms with E-state index in [0.717, 1.165) is 23.8 Å². The second-order valence-electron chi connectivity index (χ2n) is 5.50. The van der Waals surface area contributed by atoms with E-state index in [0.29, 0.717) is 11.5 Å². The summed E-state index contributed by atoms with van der Waals surface area (Å²) in [6, 6.07) is 8.65. The maximum absolute atomic E-state index is 14.0. The first kappa shape index (κ1) is 17.5. The molecule has 0 bridgehead atoms. The van der Waals surface area contributed by atoms with Gasteiger partial charge in [-0.1, -0.05) is 12.1 Å². The number of ether oxygens (including phenoxy) is 2. The smallest absolute Gasteiger partial charge is 0.234 e. The lowest BCUT2D eigenvalue weighted by Gasteiger charge is -2.26. The molecular formula is C18H17F2NO3S. The van der Waals surface area contributed by atoms with E-state index < -0.39 is 11.6 Å². The number of amides is 1. The van der Waals surface area contributed by atoms with Crippen LogP contribution >= 0.6 is 11.8 Å². The molecule has 0 aliphatic carbocycles. The van der Waals surface area contributed by atoms with Crippen molar-refractivity contribution >= 4 is 17.7 Å². The van der Waals surface area contributed by atoms with Crippen LogP contribution in [0.4, 0.5) is 8.78 Å². The highest BCUT2D eigenvalue weighted by Crippen LogP contribution is 2.46. The first-order valence-corrected chi connectivity index (χ1v) is 8.66. The van der Waals surface area contributed by atoms with Gasteiger partial charge in [0, 0.05) is 11.1 Å². The highest BCUT2D eigenvalue weighted by molar-refractivity contribution is 8.00. The van der Waals surface area contributed by atoms with Crippen LogP contribution < -0.4 is 9.47 Å². The zero-order valence-electron chi connectivity index (χ0n) is 13.8. The van der Waals surface area contributed by atoms with E-state index in [2.05, 4.69) is 0 Å². The van der Waals surface area contributed by atoms with Gasteiger partial charge in [0.05, 0.1) is 26.5 Å². The third-order valence-corrected chi connectivity index (χ3v) is 5.25. The van der Waals surface area contributed by atoms with Crippen LogP contribution in [0, 0.1) is 11.6 Å². The average molecular weight is 365 g/mol. The molecule has 0 spiro atoms. The van der Waals surface area contributed by atoms with Crippen LogP contribution in [0.2, 0.25) is 0 Å². The molecule has 1 unspecified atom stereocenters. The zero-order chi connectivity index (χ0) is 18.0. The van der Waals surface area contributed by atoms with Gasteiger partial charge in [-0.3, -0.25) is 4.79 Å². The van der Waals surface area contributed by atoms with Crippen molar-refractivity contribution in [2.45, 2.75) is 11.9 Å². The molecule has 7 heteroatoms. The lowest BCUT2D eigenvalue weighted by molar-refractivity contribution is -0.128. The number of para-hydroxylation sites is 1. The van der Waals surface area contributed by atoms with E-state index in [1.165, 1.54) is 30.9 Å². The van der Waals surface area contributed by atoms with Crippen molar-refractivity contribution in [3.05, 3.63) is 59.2 Å². The van der Waals surface area contributed by atoms with Crippen LogP contribution in [0.5, 0.6) is 11.5 Å². The summed E-state index contributed by atoms with van der Waals surface area (Å²) < 4.78 is 38.2. The third-order valence-electron chi connectivity index (χ3n) is 4.02. The highest BCUT2D eigenvalue weighted by atomic mass is 32.2. The molecule has 0 aromatic heterocycles. The summed E-state index contributed by atoms with van der Waals surface area (Å²) in [5.74, 6) is 0.137. The van der Waals surface area contributed by atoms with Crippen molar-refractivity contribution in [1.82, 2.24) is 4.90 Å². The van der Waals surface area contributed by atoms with Gasteiger partial charge in [-0.2, -0.15) is 0 Å². The Balaban J connectivity index is 1.97. The fraction of sp³-hybridized carbons (Fsp3) is 0.278.